The number of benzene rings is 1. The number of aromatic nitrogens is 2. The van der Waals surface area contributed by atoms with Gasteiger partial charge in [0, 0.05) is 6.04 Å². The Kier molecular flexibility index (Phi) is 3.47. The first-order valence-corrected chi connectivity index (χ1v) is 8.30. The van der Waals surface area contributed by atoms with Gasteiger partial charge in [0.25, 0.3) is 0 Å². The van der Waals surface area contributed by atoms with E-state index in [0.717, 1.165) is 19.3 Å². The Morgan fingerprint density at radius 1 is 1.25 bits per heavy atom. The first-order valence-electron chi connectivity index (χ1n) is 6.81. The van der Waals surface area contributed by atoms with Gasteiger partial charge in [-0.1, -0.05) is 25.8 Å². The first-order chi connectivity index (χ1) is 9.58. The number of rotatable bonds is 3. The largest absolute Gasteiger partial charge is 0.243 e. The number of hydrogen-bond acceptors (Lipinski definition) is 5. The molecule has 3 rings (SSSR count). The van der Waals surface area contributed by atoms with Crippen molar-refractivity contribution < 1.29 is 13.0 Å². The second kappa shape index (κ2) is 5.14. The van der Waals surface area contributed by atoms with Crippen molar-refractivity contribution in [3.63, 3.8) is 0 Å². The molecule has 0 bridgehead atoms. The molecule has 2 atom stereocenters. The summed E-state index contributed by atoms with van der Waals surface area (Å²) in [7, 11) is -3.60. The van der Waals surface area contributed by atoms with E-state index in [9.17, 15) is 8.42 Å². The molecule has 20 heavy (non-hydrogen) atoms. The molecule has 0 unspecified atom stereocenters. The fourth-order valence-electron chi connectivity index (χ4n) is 2.75. The minimum absolute atomic E-state index is 0.0103. The van der Waals surface area contributed by atoms with E-state index in [2.05, 4.69) is 26.6 Å². The Morgan fingerprint density at radius 2 is 2.05 bits per heavy atom. The van der Waals surface area contributed by atoms with Crippen molar-refractivity contribution in [3.8, 4) is 0 Å². The molecule has 1 saturated carbocycles. The highest BCUT2D eigenvalue weighted by molar-refractivity contribution is 7.89. The third-order valence-corrected chi connectivity index (χ3v) is 5.48. The molecular formula is C13H17N3O3S. The zero-order valence-corrected chi connectivity index (χ0v) is 12.1. The summed E-state index contributed by atoms with van der Waals surface area (Å²) in [5.74, 6) is 0.355. The van der Waals surface area contributed by atoms with Crippen LogP contribution in [-0.4, -0.2) is 24.8 Å². The van der Waals surface area contributed by atoms with E-state index in [-0.39, 0.29) is 16.5 Å². The van der Waals surface area contributed by atoms with Gasteiger partial charge >= 0.3 is 0 Å². The second-order valence-electron chi connectivity index (χ2n) is 5.38. The molecule has 1 aromatic heterocycles. The molecule has 1 aliphatic carbocycles. The van der Waals surface area contributed by atoms with Gasteiger partial charge in [-0.15, -0.1) is 0 Å². The van der Waals surface area contributed by atoms with Crippen LogP contribution in [0.3, 0.4) is 0 Å². The van der Waals surface area contributed by atoms with E-state index in [1.807, 2.05) is 0 Å². The molecule has 108 valence electrons. The second-order valence-corrected chi connectivity index (χ2v) is 7.06. The van der Waals surface area contributed by atoms with Crippen LogP contribution in [0.1, 0.15) is 32.6 Å². The SMILES string of the molecule is C[C@@H]1CCCC[C@H]1NS(=O)(=O)c1cccc2nonc12. The fourth-order valence-corrected chi connectivity index (χ4v) is 4.28. The minimum Gasteiger partial charge on any atom is -0.243 e. The van der Waals surface area contributed by atoms with Crippen LogP contribution >= 0.6 is 0 Å². The molecule has 1 heterocycles. The summed E-state index contributed by atoms with van der Waals surface area (Å²) in [4.78, 5) is 0.133. The van der Waals surface area contributed by atoms with E-state index < -0.39 is 10.0 Å². The molecular weight excluding hydrogens is 278 g/mol. The van der Waals surface area contributed by atoms with Gasteiger partial charge in [0.05, 0.1) is 0 Å². The van der Waals surface area contributed by atoms with Crippen LogP contribution in [0.2, 0.25) is 0 Å². The molecule has 0 radical (unpaired) electrons. The van der Waals surface area contributed by atoms with Crippen molar-refractivity contribution in [2.45, 2.75) is 43.5 Å². The number of fused-ring (bicyclic) bond motifs is 1. The summed E-state index contributed by atoms with van der Waals surface area (Å²) in [5, 5.41) is 7.37. The van der Waals surface area contributed by atoms with Crippen molar-refractivity contribution >= 4 is 21.1 Å². The maximum absolute atomic E-state index is 12.5. The molecule has 2 aromatic rings. The Balaban J connectivity index is 1.93. The molecule has 0 saturated heterocycles. The van der Waals surface area contributed by atoms with E-state index in [1.54, 1.807) is 12.1 Å². The number of sulfonamides is 1. The third-order valence-electron chi connectivity index (χ3n) is 3.96. The molecule has 1 fully saturated rings. The van der Waals surface area contributed by atoms with Crippen molar-refractivity contribution in [2.75, 3.05) is 0 Å². The van der Waals surface area contributed by atoms with E-state index >= 15 is 0 Å². The van der Waals surface area contributed by atoms with Crippen LogP contribution in [-0.2, 0) is 10.0 Å². The molecule has 6 nitrogen and oxygen atoms in total. The molecule has 0 spiro atoms. The van der Waals surface area contributed by atoms with Gasteiger partial charge in [0.2, 0.25) is 10.0 Å². The quantitative estimate of drug-likeness (QED) is 0.937. The van der Waals surface area contributed by atoms with Crippen molar-refractivity contribution in [3.05, 3.63) is 18.2 Å². The van der Waals surface area contributed by atoms with Crippen molar-refractivity contribution in [1.29, 1.82) is 0 Å². The number of hydrogen-bond donors (Lipinski definition) is 1. The lowest BCUT2D eigenvalue weighted by molar-refractivity contribution is 0.310. The summed E-state index contributed by atoms with van der Waals surface area (Å²) in [5.41, 5.74) is 0.730. The zero-order chi connectivity index (χ0) is 14.2. The average Bonchev–Trinajstić information content (AvgIpc) is 2.89. The van der Waals surface area contributed by atoms with Gasteiger partial charge in [0.1, 0.15) is 10.4 Å². The Morgan fingerprint density at radius 3 is 2.85 bits per heavy atom. The maximum atomic E-state index is 12.5. The molecule has 1 aromatic carbocycles. The van der Waals surface area contributed by atoms with Gasteiger partial charge in [0.15, 0.2) is 5.52 Å². The van der Waals surface area contributed by atoms with Crippen LogP contribution in [0.25, 0.3) is 11.0 Å². The summed E-state index contributed by atoms with van der Waals surface area (Å²) in [6.45, 7) is 2.09. The van der Waals surface area contributed by atoms with Gasteiger partial charge in [-0.25, -0.2) is 17.8 Å². The highest BCUT2D eigenvalue weighted by atomic mass is 32.2. The summed E-state index contributed by atoms with van der Waals surface area (Å²) >= 11 is 0. The van der Waals surface area contributed by atoms with Gasteiger partial charge in [-0.3, -0.25) is 0 Å². The summed E-state index contributed by atoms with van der Waals surface area (Å²) in [6.07, 6.45) is 4.17. The normalized spacial score (nSPS) is 24.1. The predicted molar refractivity (Wildman–Crippen MR) is 73.5 cm³/mol. The first kappa shape index (κ1) is 13.5. The highest BCUT2D eigenvalue weighted by Crippen LogP contribution is 2.26. The molecule has 0 amide bonds. The average molecular weight is 295 g/mol. The smallest absolute Gasteiger partial charge is 0.243 e. The zero-order valence-electron chi connectivity index (χ0n) is 11.2. The lowest BCUT2D eigenvalue weighted by Crippen LogP contribution is -2.41. The predicted octanol–water partition coefficient (Wildman–Crippen LogP) is 2.08. The number of nitrogens with one attached hydrogen (secondary N) is 1. The van der Waals surface area contributed by atoms with Crippen molar-refractivity contribution in [2.24, 2.45) is 5.92 Å². The third kappa shape index (κ3) is 2.43. The van der Waals surface area contributed by atoms with Crippen LogP contribution in [0.4, 0.5) is 0 Å². The lowest BCUT2D eigenvalue weighted by atomic mass is 9.87. The highest BCUT2D eigenvalue weighted by Gasteiger charge is 2.28. The number of nitrogens with zero attached hydrogens (tertiary/aromatic N) is 2. The van der Waals surface area contributed by atoms with Crippen LogP contribution < -0.4 is 4.72 Å². The fraction of sp³-hybridized carbons (Fsp3) is 0.538. The standard InChI is InChI=1S/C13H17N3O3S/c1-9-5-2-3-6-10(9)16-20(17,18)12-8-4-7-11-13(12)15-19-14-11/h4,7-10,16H,2-3,5-6H2,1H3/t9-,10-/m1/s1. The van der Waals surface area contributed by atoms with Crippen LogP contribution in [0, 0.1) is 5.92 Å². The Bertz CT molecular complexity index is 710. The summed E-state index contributed by atoms with van der Waals surface area (Å²) < 4.78 is 32.5. The van der Waals surface area contributed by atoms with E-state index in [0.29, 0.717) is 11.4 Å². The van der Waals surface area contributed by atoms with E-state index in [4.69, 9.17) is 0 Å². The van der Waals surface area contributed by atoms with Gasteiger partial charge in [-0.05, 0) is 41.2 Å². The molecule has 1 N–H and O–H groups in total. The van der Waals surface area contributed by atoms with Crippen LogP contribution in [0.5, 0.6) is 0 Å². The van der Waals surface area contributed by atoms with Gasteiger partial charge in [-0.2, -0.15) is 0 Å². The summed E-state index contributed by atoms with van der Waals surface area (Å²) in [6, 6.07) is 4.84. The monoisotopic (exact) mass is 295 g/mol. The molecule has 7 heteroatoms. The Labute approximate surface area is 117 Å². The topological polar surface area (TPSA) is 85.1 Å². The van der Waals surface area contributed by atoms with E-state index in [1.165, 1.54) is 12.5 Å². The lowest BCUT2D eigenvalue weighted by Gasteiger charge is -2.29. The maximum Gasteiger partial charge on any atom is 0.243 e. The minimum atomic E-state index is -3.60. The van der Waals surface area contributed by atoms with Gasteiger partial charge < -0.3 is 0 Å². The van der Waals surface area contributed by atoms with Crippen molar-refractivity contribution in [1.82, 2.24) is 15.0 Å². The van der Waals surface area contributed by atoms with Crippen LogP contribution in [0.15, 0.2) is 27.7 Å². The molecule has 0 aliphatic heterocycles. The Hall–Kier alpha value is -1.47. The molecule has 1 aliphatic rings.